The SMILES string of the molecule is CCCCCCC(C)C=C(C)C=CC(=O)NC1CC2(C=C(Cl)C(=O)C(Cl)C2O)OC1O. The summed E-state index contributed by atoms with van der Waals surface area (Å²) >= 11 is 11.9. The van der Waals surface area contributed by atoms with Gasteiger partial charge in [-0.25, -0.2) is 0 Å². The first-order valence-electron chi connectivity index (χ1n) is 10.9. The first-order chi connectivity index (χ1) is 14.6. The zero-order valence-electron chi connectivity index (χ0n) is 18.3. The van der Waals surface area contributed by atoms with Gasteiger partial charge in [0.2, 0.25) is 5.91 Å². The number of carbonyl (C=O) groups is 2. The summed E-state index contributed by atoms with van der Waals surface area (Å²) in [6, 6.07) is -0.786. The van der Waals surface area contributed by atoms with Crippen molar-refractivity contribution in [2.45, 2.75) is 88.7 Å². The van der Waals surface area contributed by atoms with E-state index in [-0.39, 0.29) is 11.5 Å². The summed E-state index contributed by atoms with van der Waals surface area (Å²) in [7, 11) is 0. The summed E-state index contributed by atoms with van der Waals surface area (Å²) in [5.74, 6) is -0.561. The van der Waals surface area contributed by atoms with Crippen molar-refractivity contribution in [3.63, 3.8) is 0 Å². The standard InChI is InChI=1S/C23H33Cl2NO5/c1-4-5-6-7-8-14(2)11-15(3)9-10-18(27)26-17-13-23(31-22(17)30)12-16(24)20(28)19(25)21(23)29/h9-12,14,17,19,21-22,29-30H,4-8,13H2,1-3H3,(H,26,27). The minimum atomic E-state index is -1.43. The van der Waals surface area contributed by atoms with Gasteiger partial charge in [0, 0.05) is 12.5 Å². The minimum absolute atomic E-state index is 0.0330. The molecule has 1 aliphatic heterocycles. The molecule has 6 atom stereocenters. The van der Waals surface area contributed by atoms with Gasteiger partial charge >= 0.3 is 0 Å². The van der Waals surface area contributed by atoms with Crippen LogP contribution in [0.3, 0.4) is 0 Å². The molecule has 1 fully saturated rings. The maximum atomic E-state index is 12.3. The van der Waals surface area contributed by atoms with Gasteiger partial charge in [-0.3, -0.25) is 9.59 Å². The van der Waals surface area contributed by atoms with Crippen molar-refractivity contribution < 1.29 is 24.5 Å². The monoisotopic (exact) mass is 473 g/mol. The van der Waals surface area contributed by atoms with Crippen LogP contribution in [0.1, 0.15) is 59.3 Å². The maximum absolute atomic E-state index is 12.3. The molecule has 6 nitrogen and oxygen atoms in total. The van der Waals surface area contributed by atoms with Crippen LogP contribution in [0.4, 0.5) is 0 Å². The highest BCUT2D eigenvalue weighted by Gasteiger charge is 2.55. The average molecular weight is 474 g/mol. The number of unbranched alkanes of at least 4 members (excludes halogenated alkanes) is 3. The summed E-state index contributed by atoms with van der Waals surface area (Å²) in [5.41, 5.74) is -0.444. The van der Waals surface area contributed by atoms with Crippen LogP contribution in [-0.4, -0.2) is 51.3 Å². The molecule has 2 aliphatic rings. The number of aliphatic hydroxyl groups excluding tert-OH is 2. The molecule has 1 aliphatic carbocycles. The summed E-state index contributed by atoms with van der Waals surface area (Å²) in [4.78, 5) is 24.2. The summed E-state index contributed by atoms with van der Waals surface area (Å²) in [6.07, 6.45) is 9.85. The van der Waals surface area contributed by atoms with E-state index in [9.17, 15) is 19.8 Å². The number of alkyl halides is 1. The smallest absolute Gasteiger partial charge is 0.244 e. The Hall–Kier alpha value is -1.18. The van der Waals surface area contributed by atoms with Crippen molar-refractivity contribution in [2.24, 2.45) is 5.92 Å². The topological polar surface area (TPSA) is 95.9 Å². The Bertz CT molecular complexity index is 750. The van der Waals surface area contributed by atoms with E-state index in [4.69, 9.17) is 27.9 Å². The number of nitrogens with one attached hydrogen (secondary N) is 1. The van der Waals surface area contributed by atoms with Crippen molar-refractivity contribution in [1.82, 2.24) is 5.32 Å². The van der Waals surface area contributed by atoms with Crippen LogP contribution in [-0.2, 0) is 14.3 Å². The molecule has 31 heavy (non-hydrogen) atoms. The van der Waals surface area contributed by atoms with Crippen molar-refractivity contribution >= 4 is 34.9 Å². The number of halogens is 2. The molecule has 0 saturated carbocycles. The molecule has 1 saturated heterocycles. The zero-order valence-corrected chi connectivity index (χ0v) is 19.8. The molecular weight excluding hydrogens is 441 g/mol. The second-order valence-corrected chi connectivity index (χ2v) is 9.43. The van der Waals surface area contributed by atoms with Crippen LogP contribution >= 0.6 is 23.2 Å². The molecule has 1 spiro atoms. The number of allylic oxidation sites excluding steroid dienone is 4. The third-order valence-corrected chi connectivity index (χ3v) is 6.48. The van der Waals surface area contributed by atoms with E-state index in [2.05, 4.69) is 25.2 Å². The fraction of sp³-hybridized carbons (Fsp3) is 0.652. The molecule has 3 N–H and O–H groups in total. The lowest BCUT2D eigenvalue weighted by atomic mass is 9.83. The molecule has 6 unspecified atom stereocenters. The summed E-state index contributed by atoms with van der Waals surface area (Å²) in [6.45, 7) is 6.30. The van der Waals surface area contributed by atoms with Crippen molar-refractivity contribution in [3.05, 3.63) is 34.9 Å². The fourth-order valence-electron chi connectivity index (χ4n) is 4.02. The van der Waals surface area contributed by atoms with Gasteiger partial charge in [0.05, 0.1) is 11.1 Å². The van der Waals surface area contributed by atoms with E-state index in [0.717, 1.165) is 12.0 Å². The Morgan fingerprint density at radius 3 is 2.74 bits per heavy atom. The van der Waals surface area contributed by atoms with Gasteiger partial charge in [-0.15, -0.1) is 11.6 Å². The van der Waals surface area contributed by atoms with Gasteiger partial charge in [0.25, 0.3) is 0 Å². The van der Waals surface area contributed by atoms with E-state index >= 15 is 0 Å². The van der Waals surface area contributed by atoms with Gasteiger partial charge < -0.3 is 20.3 Å². The average Bonchev–Trinajstić information content (AvgIpc) is 3.02. The van der Waals surface area contributed by atoms with Crippen LogP contribution in [0, 0.1) is 5.92 Å². The third-order valence-electron chi connectivity index (χ3n) is 5.74. The lowest BCUT2D eigenvalue weighted by Gasteiger charge is -2.36. The van der Waals surface area contributed by atoms with Gasteiger partial charge in [-0.05, 0) is 25.3 Å². The molecule has 0 aromatic rings. The molecule has 8 heteroatoms. The van der Waals surface area contributed by atoms with Crippen LogP contribution in [0.5, 0.6) is 0 Å². The molecule has 2 rings (SSSR count). The highest BCUT2D eigenvalue weighted by molar-refractivity contribution is 6.49. The van der Waals surface area contributed by atoms with Crippen LogP contribution < -0.4 is 5.32 Å². The quantitative estimate of drug-likeness (QED) is 0.205. The zero-order chi connectivity index (χ0) is 23.2. The Morgan fingerprint density at radius 2 is 2.06 bits per heavy atom. The number of carbonyl (C=O) groups excluding carboxylic acids is 2. The first kappa shape index (κ1) is 26.1. The molecule has 0 aromatic carbocycles. The number of ketones is 1. The second kappa shape index (κ2) is 11.6. The number of Topliss-reactive ketones (excluding diaryl/α,β-unsaturated/α-hetero) is 1. The minimum Gasteiger partial charge on any atom is -0.388 e. The van der Waals surface area contributed by atoms with Gasteiger partial charge in [0.15, 0.2) is 12.1 Å². The van der Waals surface area contributed by atoms with Crippen LogP contribution in [0.2, 0.25) is 0 Å². The lowest BCUT2D eigenvalue weighted by Crippen LogP contribution is -2.52. The Morgan fingerprint density at radius 1 is 1.35 bits per heavy atom. The molecule has 1 heterocycles. The van der Waals surface area contributed by atoms with E-state index < -0.39 is 41.1 Å². The predicted molar refractivity (Wildman–Crippen MR) is 122 cm³/mol. The number of hydrogen-bond donors (Lipinski definition) is 3. The molecular formula is C23H33Cl2NO5. The predicted octanol–water partition coefficient (Wildman–Crippen LogP) is 3.73. The van der Waals surface area contributed by atoms with Crippen molar-refractivity contribution in [3.8, 4) is 0 Å². The Labute approximate surface area is 194 Å². The number of amides is 1. The molecule has 174 valence electrons. The molecule has 0 radical (unpaired) electrons. The number of ether oxygens (including phenoxy) is 1. The summed E-state index contributed by atoms with van der Waals surface area (Å²) in [5, 5.41) is 21.9. The van der Waals surface area contributed by atoms with Crippen molar-refractivity contribution in [2.75, 3.05) is 0 Å². The van der Waals surface area contributed by atoms with Gasteiger partial charge in [-0.2, -0.15) is 0 Å². The first-order valence-corrected chi connectivity index (χ1v) is 11.7. The van der Waals surface area contributed by atoms with E-state index in [1.807, 2.05) is 6.92 Å². The highest BCUT2D eigenvalue weighted by Crippen LogP contribution is 2.41. The molecule has 1 amide bonds. The van der Waals surface area contributed by atoms with E-state index in [1.54, 1.807) is 6.08 Å². The fourth-order valence-corrected chi connectivity index (χ4v) is 4.71. The maximum Gasteiger partial charge on any atom is 0.244 e. The van der Waals surface area contributed by atoms with E-state index in [0.29, 0.717) is 5.92 Å². The normalized spacial score (nSPS) is 32.5. The second-order valence-electron chi connectivity index (χ2n) is 8.56. The van der Waals surface area contributed by atoms with Crippen molar-refractivity contribution in [1.29, 1.82) is 0 Å². The lowest BCUT2D eigenvalue weighted by molar-refractivity contribution is -0.164. The number of rotatable bonds is 9. The van der Waals surface area contributed by atoms with Crippen LogP contribution in [0.15, 0.2) is 34.9 Å². The summed E-state index contributed by atoms with van der Waals surface area (Å²) < 4.78 is 5.50. The van der Waals surface area contributed by atoms with Gasteiger partial charge in [0.1, 0.15) is 17.1 Å². The van der Waals surface area contributed by atoms with Crippen LogP contribution in [0.25, 0.3) is 0 Å². The van der Waals surface area contributed by atoms with Gasteiger partial charge in [-0.1, -0.05) is 68.9 Å². The molecule has 0 bridgehead atoms. The Kier molecular flexibility index (Phi) is 9.77. The highest BCUT2D eigenvalue weighted by atomic mass is 35.5. The molecule has 0 aromatic heterocycles. The number of aliphatic hydroxyl groups is 2. The Balaban J connectivity index is 1.92. The largest absolute Gasteiger partial charge is 0.388 e. The number of hydrogen-bond acceptors (Lipinski definition) is 5. The third kappa shape index (κ3) is 6.90. The van der Waals surface area contributed by atoms with E-state index in [1.165, 1.54) is 37.8 Å².